The van der Waals surface area contributed by atoms with Crippen LogP contribution in [0.15, 0.2) is 63.7 Å². The SMILES string of the molecule is C/C(=C\c1cc(Br)ccc1O)CC[C@H]1OB(O)C[C@H]2C1=C(C(C)C)C[C@H]1C(=O)N(c3cccc(B(O)O)c3)C(=O)[C@H]12. The van der Waals surface area contributed by atoms with Gasteiger partial charge in [0, 0.05) is 10.0 Å². The Morgan fingerprint density at radius 3 is 2.63 bits per heavy atom. The van der Waals surface area contributed by atoms with Crippen molar-refractivity contribution in [2.75, 3.05) is 4.90 Å². The Hall–Kier alpha value is -2.69. The average molecular weight is 622 g/mol. The molecule has 0 unspecified atom stereocenters. The van der Waals surface area contributed by atoms with Gasteiger partial charge in [-0.2, -0.15) is 0 Å². The van der Waals surface area contributed by atoms with E-state index in [0.717, 1.165) is 21.2 Å². The van der Waals surface area contributed by atoms with Gasteiger partial charge in [0.15, 0.2) is 0 Å². The van der Waals surface area contributed by atoms with Crippen molar-refractivity contribution in [3.05, 3.63) is 69.2 Å². The Labute approximate surface area is 249 Å². The number of carbonyl (C=O) groups is 2. The fourth-order valence-electron chi connectivity index (χ4n) is 6.67. The van der Waals surface area contributed by atoms with E-state index in [-0.39, 0.29) is 41.2 Å². The second-order valence-electron chi connectivity index (χ2n) is 11.6. The van der Waals surface area contributed by atoms with Gasteiger partial charge in [-0.1, -0.05) is 59.1 Å². The molecule has 4 N–H and O–H groups in total. The molecule has 8 nitrogen and oxygen atoms in total. The first kappa shape index (κ1) is 29.8. The molecule has 2 aromatic carbocycles. The van der Waals surface area contributed by atoms with Crippen LogP contribution in [0.5, 0.6) is 5.75 Å². The number of carbonyl (C=O) groups excluding carboxylic acids is 2. The Bertz CT molecular complexity index is 1430. The Kier molecular flexibility index (Phi) is 8.64. The summed E-state index contributed by atoms with van der Waals surface area (Å²) in [5.74, 6) is -1.84. The molecule has 0 radical (unpaired) electrons. The number of amides is 2. The van der Waals surface area contributed by atoms with Gasteiger partial charge in [0.05, 0.1) is 23.6 Å². The number of allylic oxidation sites excluding steroid dienone is 2. The number of anilines is 1. The van der Waals surface area contributed by atoms with Gasteiger partial charge in [-0.25, -0.2) is 0 Å². The van der Waals surface area contributed by atoms with Crippen LogP contribution in [0.25, 0.3) is 6.08 Å². The molecule has 0 aromatic heterocycles. The van der Waals surface area contributed by atoms with Crippen molar-refractivity contribution in [3.63, 3.8) is 0 Å². The number of rotatable bonds is 7. The molecule has 41 heavy (non-hydrogen) atoms. The fraction of sp³-hybridized carbons (Fsp3) is 0.400. The number of phenols is 1. The third-order valence-corrected chi connectivity index (χ3v) is 9.05. The highest BCUT2D eigenvalue weighted by atomic mass is 79.9. The van der Waals surface area contributed by atoms with E-state index < -0.39 is 32.2 Å². The third kappa shape index (κ3) is 5.83. The summed E-state index contributed by atoms with van der Waals surface area (Å²) in [6.07, 6.45) is 3.41. The first-order valence-corrected chi connectivity index (χ1v) is 14.8. The van der Waals surface area contributed by atoms with Gasteiger partial charge in [0.1, 0.15) is 5.75 Å². The second kappa shape index (κ2) is 11.9. The lowest BCUT2D eigenvalue weighted by molar-refractivity contribution is -0.122. The number of hydrogen-bond donors (Lipinski definition) is 4. The van der Waals surface area contributed by atoms with Gasteiger partial charge in [-0.15, -0.1) is 0 Å². The summed E-state index contributed by atoms with van der Waals surface area (Å²) in [7, 11) is -2.79. The molecule has 214 valence electrons. The van der Waals surface area contributed by atoms with Crippen molar-refractivity contribution >= 4 is 59.2 Å². The third-order valence-electron chi connectivity index (χ3n) is 8.56. The predicted molar refractivity (Wildman–Crippen MR) is 162 cm³/mol. The van der Waals surface area contributed by atoms with Gasteiger partial charge in [-0.05, 0) is 85.7 Å². The minimum atomic E-state index is -1.72. The van der Waals surface area contributed by atoms with E-state index >= 15 is 0 Å². The number of benzene rings is 2. The summed E-state index contributed by atoms with van der Waals surface area (Å²) < 4.78 is 6.96. The van der Waals surface area contributed by atoms with Gasteiger partial charge in [-0.3, -0.25) is 14.5 Å². The molecule has 4 atom stereocenters. The lowest BCUT2D eigenvalue weighted by Gasteiger charge is -2.44. The number of aromatic hydroxyl groups is 1. The lowest BCUT2D eigenvalue weighted by Crippen LogP contribution is -2.46. The maximum absolute atomic E-state index is 13.9. The number of nitrogens with zero attached hydrogens (tertiary/aromatic N) is 1. The van der Waals surface area contributed by atoms with Gasteiger partial charge in [0.2, 0.25) is 11.8 Å². The molecule has 2 aromatic rings. The minimum absolute atomic E-state index is 0.120. The molecule has 0 spiro atoms. The molecule has 2 amide bonds. The van der Waals surface area contributed by atoms with E-state index in [1.807, 2.05) is 19.1 Å². The van der Waals surface area contributed by atoms with Gasteiger partial charge in [0.25, 0.3) is 0 Å². The highest BCUT2D eigenvalue weighted by Gasteiger charge is 2.57. The zero-order valence-corrected chi connectivity index (χ0v) is 24.9. The molecule has 11 heteroatoms. The molecule has 1 aliphatic carbocycles. The molecule has 2 saturated heterocycles. The number of fused-ring (bicyclic) bond motifs is 3. The topological polar surface area (TPSA) is 128 Å². The second-order valence-corrected chi connectivity index (χ2v) is 12.5. The average Bonchev–Trinajstić information content (AvgIpc) is 3.18. The minimum Gasteiger partial charge on any atom is -0.507 e. The van der Waals surface area contributed by atoms with Gasteiger partial charge < -0.3 is 24.8 Å². The number of hydrogen-bond acceptors (Lipinski definition) is 7. The summed E-state index contributed by atoms with van der Waals surface area (Å²) in [6.45, 7) is 6.14. The zero-order chi connectivity index (χ0) is 29.6. The molecule has 3 aliphatic rings. The van der Waals surface area contributed by atoms with Crippen LogP contribution >= 0.6 is 15.9 Å². The molecule has 2 fully saturated rings. The van der Waals surface area contributed by atoms with Crippen molar-refractivity contribution in [1.82, 2.24) is 0 Å². The van der Waals surface area contributed by atoms with E-state index in [1.54, 1.807) is 24.3 Å². The van der Waals surface area contributed by atoms with Crippen LogP contribution in [0.1, 0.15) is 45.6 Å². The van der Waals surface area contributed by atoms with Crippen molar-refractivity contribution in [2.24, 2.45) is 23.7 Å². The normalized spacial score (nSPS) is 24.7. The maximum atomic E-state index is 13.9. The quantitative estimate of drug-likeness (QED) is 0.211. The summed E-state index contributed by atoms with van der Waals surface area (Å²) in [6, 6.07) is 11.5. The van der Waals surface area contributed by atoms with E-state index in [0.29, 0.717) is 30.5 Å². The monoisotopic (exact) mass is 621 g/mol. The Morgan fingerprint density at radius 1 is 1.17 bits per heavy atom. The predicted octanol–water partition coefficient (Wildman–Crippen LogP) is 3.68. The van der Waals surface area contributed by atoms with Crippen molar-refractivity contribution in [3.8, 4) is 5.75 Å². The molecular weight excluding hydrogens is 588 g/mol. The molecular formula is C30H34B2BrNO7. The maximum Gasteiger partial charge on any atom is 0.488 e. The fourth-order valence-corrected chi connectivity index (χ4v) is 7.04. The van der Waals surface area contributed by atoms with Crippen LogP contribution < -0.4 is 10.4 Å². The van der Waals surface area contributed by atoms with Crippen LogP contribution in [-0.4, -0.2) is 52.3 Å². The van der Waals surface area contributed by atoms with E-state index in [9.17, 15) is 29.8 Å². The molecule has 0 bridgehead atoms. The van der Waals surface area contributed by atoms with Crippen LogP contribution in [0, 0.1) is 23.7 Å². The summed E-state index contributed by atoms with van der Waals surface area (Å²) in [5, 5.41) is 40.3. The van der Waals surface area contributed by atoms with Crippen LogP contribution in [0.4, 0.5) is 5.69 Å². The summed E-state index contributed by atoms with van der Waals surface area (Å²) in [5.41, 5.74) is 4.36. The molecule has 0 saturated carbocycles. The first-order chi connectivity index (χ1) is 19.5. The number of halogens is 1. The molecule has 2 heterocycles. The van der Waals surface area contributed by atoms with Crippen molar-refractivity contribution < 1.29 is 34.4 Å². The van der Waals surface area contributed by atoms with Crippen molar-refractivity contribution in [2.45, 2.75) is 52.5 Å². The summed E-state index contributed by atoms with van der Waals surface area (Å²) in [4.78, 5) is 28.8. The van der Waals surface area contributed by atoms with Crippen LogP contribution in [-0.2, 0) is 14.2 Å². The largest absolute Gasteiger partial charge is 0.507 e. The summed E-state index contributed by atoms with van der Waals surface area (Å²) >= 11 is 3.44. The highest BCUT2D eigenvalue weighted by Crippen LogP contribution is 2.52. The molecule has 5 rings (SSSR count). The lowest BCUT2D eigenvalue weighted by atomic mass is 9.57. The van der Waals surface area contributed by atoms with Crippen LogP contribution in [0.2, 0.25) is 6.32 Å². The number of phenolic OH excluding ortho intramolecular Hbond substituents is 1. The first-order valence-electron chi connectivity index (χ1n) is 14.0. The highest BCUT2D eigenvalue weighted by molar-refractivity contribution is 9.10. The Morgan fingerprint density at radius 2 is 1.93 bits per heavy atom. The van der Waals surface area contributed by atoms with Gasteiger partial charge >= 0.3 is 14.2 Å². The van der Waals surface area contributed by atoms with Crippen LogP contribution in [0.3, 0.4) is 0 Å². The standard InChI is InChI=1S/C30H34B2BrNO7/c1-16(2)22-14-23-28(30(37)34(29(23)36)21-6-4-5-19(13-21)32(39)40)24-15-31(38)41-26(27(22)24)10-7-17(3)11-18-12-20(33)8-9-25(18)35/h4-6,8-9,11-13,16,23-24,26,28,35,38-40H,7,10,14-15H2,1-3H3/b17-11+/t23-,24+,26-,28-/m1/s1. The zero-order valence-electron chi connectivity index (χ0n) is 23.3. The van der Waals surface area contributed by atoms with E-state index in [4.69, 9.17) is 4.65 Å². The number of imide groups is 1. The molecule has 2 aliphatic heterocycles. The Balaban J connectivity index is 1.44. The van der Waals surface area contributed by atoms with Crippen molar-refractivity contribution in [1.29, 1.82) is 0 Å². The smallest absolute Gasteiger partial charge is 0.488 e. The van der Waals surface area contributed by atoms with E-state index in [1.165, 1.54) is 17.0 Å². The van der Waals surface area contributed by atoms with E-state index in [2.05, 4.69) is 29.8 Å².